The molecule has 2 bridgehead atoms. The summed E-state index contributed by atoms with van der Waals surface area (Å²) in [5.41, 5.74) is 2.72. The quantitative estimate of drug-likeness (QED) is 0.747. The highest BCUT2D eigenvalue weighted by Crippen LogP contribution is 2.39. The van der Waals surface area contributed by atoms with E-state index in [1.54, 1.807) is 12.1 Å². The van der Waals surface area contributed by atoms with Gasteiger partial charge in [-0.2, -0.15) is 0 Å². The van der Waals surface area contributed by atoms with Crippen molar-refractivity contribution >= 4 is 16.3 Å². The van der Waals surface area contributed by atoms with Crippen molar-refractivity contribution in [2.75, 3.05) is 7.05 Å². The van der Waals surface area contributed by atoms with Crippen LogP contribution in [0.3, 0.4) is 0 Å². The van der Waals surface area contributed by atoms with Crippen molar-refractivity contribution in [1.29, 1.82) is 0 Å². The third-order valence-corrected chi connectivity index (χ3v) is 4.93. The number of benzene rings is 2. The van der Waals surface area contributed by atoms with Gasteiger partial charge in [0.05, 0.1) is 0 Å². The normalized spacial score (nSPS) is 26.0. The Bertz CT molecular complexity index is 704. The molecule has 0 aromatic heterocycles. The molecule has 2 heteroatoms. The Hall–Kier alpha value is -1.67. The number of hydrogen-bond acceptors (Lipinski definition) is 1. The van der Waals surface area contributed by atoms with Crippen molar-refractivity contribution in [2.45, 2.75) is 31.3 Å². The number of likely N-dealkylation sites (N-methyl/N-ethyl adjacent to an activating group) is 1. The van der Waals surface area contributed by atoms with Gasteiger partial charge in [0.15, 0.2) is 0 Å². The summed E-state index contributed by atoms with van der Waals surface area (Å²) in [6.45, 7) is 0. The first-order valence-electron chi connectivity index (χ1n) is 7.33. The standard InChI is InChI=1S/C18H18FN/c1-20-15-6-7-16(20)11-13(10-15)17-4-2-3-12-9-14(19)5-8-18(12)17/h2-5,8-10,15-16H,6-7,11H2,1H3. The predicted molar refractivity (Wildman–Crippen MR) is 81.1 cm³/mol. The van der Waals surface area contributed by atoms with E-state index in [0.29, 0.717) is 12.1 Å². The zero-order chi connectivity index (χ0) is 13.7. The smallest absolute Gasteiger partial charge is 0.123 e. The number of nitrogens with zero attached hydrogens (tertiary/aromatic N) is 1. The van der Waals surface area contributed by atoms with Gasteiger partial charge < -0.3 is 0 Å². The van der Waals surface area contributed by atoms with Crippen molar-refractivity contribution in [3.05, 3.63) is 53.9 Å². The van der Waals surface area contributed by atoms with Crippen LogP contribution in [0, 0.1) is 5.82 Å². The van der Waals surface area contributed by atoms with Gasteiger partial charge in [-0.25, -0.2) is 4.39 Å². The molecule has 0 saturated carbocycles. The van der Waals surface area contributed by atoms with Crippen LogP contribution < -0.4 is 0 Å². The highest BCUT2D eigenvalue weighted by molar-refractivity contribution is 5.94. The second-order valence-corrected chi connectivity index (χ2v) is 6.03. The molecule has 0 N–H and O–H groups in total. The first kappa shape index (κ1) is 12.1. The summed E-state index contributed by atoms with van der Waals surface area (Å²) < 4.78 is 13.4. The van der Waals surface area contributed by atoms with E-state index < -0.39 is 0 Å². The molecule has 4 rings (SSSR count). The Morgan fingerprint density at radius 2 is 2.05 bits per heavy atom. The van der Waals surface area contributed by atoms with Crippen LogP contribution in [0.25, 0.3) is 16.3 Å². The molecule has 0 spiro atoms. The Kier molecular flexibility index (Phi) is 2.67. The molecule has 2 heterocycles. The minimum absolute atomic E-state index is 0.160. The van der Waals surface area contributed by atoms with Gasteiger partial charge in [-0.15, -0.1) is 0 Å². The van der Waals surface area contributed by atoms with Gasteiger partial charge >= 0.3 is 0 Å². The molecule has 1 fully saturated rings. The monoisotopic (exact) mass is 267 g/mol. The zero-order valence-electron chi connectivity index (χ0n) is 11.6. The summed E-state index contributed by atoms with van der Waals surface area (Å²) in [6.07, 6.45) is 6.09. The largest absolute Gasteiger partial charge is 0.297 e. The molecular weight excluding hydrogens is 249 g/mol. The van der Waals surface area contributed by atoms with Crippen molar-refractivity contribution in [3.8, 4) is 0 Å². The Morgan fingerprint density at radius 1 is 1.15 bits per heavy atom. The van der Waals surface area contributed by atoms with E-state index in [9.17, 15) is 4.39 Å². The highest BCUT2D eigenvalue weighted by atomic mass is 19.1. The summed E-state index contributed by atoms with van der Waals surface area (Å²) >= 11 is 0. The van der Waals surface area contributed by atoms with Gasteiger partial charge in [-0.1, -0.05) is 30.3 Å². The lowest BCUT2D eigenvalue weighted by Gasteiger charge is -2.30. The predicted octanol–water partition coefficient (Wildman–Crippen LogP) is 4.23. The SMILES string of the molecule is CN1C2C=C(c3cccc4cc(F)ccc34)CC1CC2. The molecule has 2 aliphatic rings. The lowest BCUT2D eigenvalue weighted by Crippen LogP contribution is -2.34. The maximum Gasteiger partial charge on any atom is 0.123 e. The number of hydrogen-bond donors (Lipinski definition) is 0. The van der Waals surface area contributed by atoms with E-state index in [1.165, 1.54) is 29.4 Å². The van der Waals surface area contributed by atoms with Crippen molar-refractivity contribution in [1.82, 2.24) is 4.90 Å². The average Bonchev–Trinajstić information content (AvgIpc) is 2.68. The van der Waals surface area contributed by atoms with Crippen LogP contribution in [0.15, 0.2) is 42.5 Å². The first-order valence-corrected chi connectivity index (χ1v) is 7.33. The molecule has 0 amide bonds. The minimum Gasteiger partial charge on any atom is -0.297 e. The average molecular weight is 267 g/mol. The van der Waals surface area contributed by atoms with E-state index in [-0.39, 0.29) is 5.82 Å². The van der Waals surface area contributed by atoms with Crippen molar-refractivity contribution in [3.63, 3.8) is 0 Å². The molecule has 2 aliphatic heterocycles. The molecule has 1 nitrogen and oxygen atoms in total. The molecule has 2 atom stereocenters. The maximum absolute atomic E-state index is 13.4. The number of rotatable bonds is 1. The van der Waals surface area contributed by atoms with Crippen LogP contribution in [0.1, 0.15) is 24.8 Å². The fourth-order valence-electron chi connectivity index (χ4n) is 3.78. The molecule has 20 heavy (non-hydrogen) atoms. The molecule has 2 unspecified atom stereocenters. The van der Waals surface area contributed by atoms with Gasteiger partial charge in [0.2, 0.25) is 0 Å². The van der Waals surface area contributed by atoms with E-state index in [2.05, 4.69) is 24.1 Å². The van der Waals surface area contributed by atoms with Crippen LogP contribution in [0.4, 0.5) is 4.39 Å². The molecule has 102 valence electrons. The lowest BCUT2D eigenvalue weighted by molar-refractivity contribution is 0.264. The van der Waals surface area contributed by atoms with Gasteiger partial charge in [0.25, 0.3) is 0 Å². The summed E-state index contributed by atoms with van der Waals surface area (Å²) in [5, 5.41) is 2.17. The minimum atomic E-state index is -0.160. The second kappa shape index (κ2) is 4.42. The first-order chi connectivity index (χ1) is 9.72. The molecule has 1 saturated heterocycles. The van der Waals surface area contributed by atoms with Crippen LogP contribution in [0.5, 0.6) is 0 Å². The Morgan fingerprint density at radius 3 is 2.90 bits per heavy atom. The number of halogens is 1. The highest BCUT2D eigenvalue weighted by Gasteiger charge is 2.34. The molecule has 0 radical (unpaired) electrons. The second-order valence-electron chi connectivity index (χ2n) is 6.03. The van der Waals surface area contributed by atoms with Crippen LogP contribution in [-0.2, 0) is 0 Å². The molecule has 2 aromatic rings. The summed E-state index contributed by atoms with van der Waals surface area (Å²) in [7, 11) is 2.23. The summed E-state index contributed by atoms with van der Waals surface area (Å²) in [5.74, 6) is -0.160. The number of fused-ring (bicyclic) bond motifs is 3. The third-order valence-electron chi connectivity index (χ3n) is 4.93. The van der Waals surface area contributed by atoms with E-state index in [1.807, 2.05) is 18.2 Å². The molecular formula is C18H18FN. The Balaban J connectivity index is 1.85. The van der Waals surface area contributed by atoms with Gasteiger partial charge in [-0.05, 0) is 60.4 Å². The van der Waals surface area contributed by atoms with E-state index in [0.717, 1.165) is 11.8 Å². The van der Waals surface area contributed by atoms with E-state index >= 15 is 0 Å². The summed E-state index contributed by atoms with van der Waals surface area (Å²) in [6, 6.07) is 12.6. The van der Waals surface area contributed by atoms with Gasteiger partial charge in [0, 0.05) is 12.1 Å². The van der Waals surface area contributed by atoms with Gasteiger partial charge in [-0.3, -0.25) is 4.90 Å². The Labute approximate surface area is 118 Å². The third kappa shape index (κ3) is 1.79. The fourth-order valence-corrected chi connectivity index (χ4v) is 3.78. The maximum atomic E-state index is 13.4. The summed E-state index contributed by atoms with van der Waals surface area (Å²) in [4.78, 5) is 2.49. The topological polar surface area (TPSA) is 3.24 Å². The van der Waals surface area contributed by atoms with Crippen LogP contribution in [-0.4, -0.2) is 24.0 Å². The van der Waals surface area contributed by atoms with Crippen LogP contribution in [0.2, 0.25) is 0 Å². The lowest BCUT2D eigenvalue weighted by atomic mass is 9.91. The molecule has 2 aromatic carbocycles. The van der Waals surface area contributed by atoms with Gasteiger partial charge in [0.1, 0.15) is 5.82 Å². The van der Waals surface area contributed by atoms with Crippen molar-refractivity contribution in [2.24, 2.45) is 0 Å². The molecule has 0 aliphatic carbocycles. The van der Waals surface area contributed by atoms with Crippen LogP contribution >= 0.6 is 0 Å². The van der Waals surface area contributed by atoms with Crippen molar-refractivity contribution < 1.29 is 4.39 Å². The zero-order valence-corrected chi connectivity index (χ0v) is 11.6. The van der Waals surface area contributed by atoms with E-state index in [4.69, 9.17) is 0 Å². The fraction of sp³-hybridized carbons (Fsp3) is 0.333.